The number of ether oxygens (including phenoxy) is 2. The Kier molecular flexibility index (Phi) is 5.43. The van der Waals surface area contributed by atoms with E-state index in [1.807, 2.05) is 35.2 Å². The Labute approximate surface area is 163 Å². The second-order valence-electron chi connectivity index (χ2n) is 6.90. The first kappa shape index (κ1) is 18.3. The van der Waals surface area contributed by atoms with Gasteiger partial charge in [0, 0.05) is 38.3 Å². The third kappa shape index (κ3) is 4.26. The van der Waals surface area contributed by atoms with Gasteiger partial charge in [-0.3, -0.25) is 14.5 Å². The standard InChI is InChI=1S/C21H23N3O4/c25-20(22-13-16-4-2-1-3-5-16)14-23-8-10-24(11-9-23)21(26)17-6-7-18-19(12-17)28-15-27-18/h1-7,12H,8-11,13-15H2,(H,22,25). The molecule has 0 spiro atoms. The van der Waals surface area contributed by atoms with Gasteiger partial charge in [-0.25, -0.2) is 0 Å². The number of carbonyl (C=O) groups is 2. The normalized spacial score (nSPS) is 16.1. The molecule has 7 nitrogen and oxygen atoms in total. The molecule has 0 saturated carbocycles. The van der Waals surface area contributed by atoms with Gasteiger partial charge in [-0.1, -0.05) is 30.3 Å². The fourth-order valence-corrected chi connectivity index (χ4v) is 3.38. The monoisotopic (exact) mass is 381 g/mol. The molecule has 2 amide bonds. The molecule has 28 heavy (non-hydrogen) atoms. The number of benzene rings is 2. The zero-order valence-electron chi connectivity index (χ0n) is 15.6. The van der Waals surface area contributed by atoms with Gasteiger partial charge in [0.2, 0.25) is 12.7 Å². The Bertz CT molecular complexity index is 848. The van der Waals surface area contributed by atoms with Gasteiger partial charge in [-0.05, 0) is 23.8 Å². The zero-order valence-corrected chi connectivity index (χ0v) is 15.6. The number of nitrogens with one attached hydrogen (secondary N) is 1. The van der Waals surface area contributed by atoms with Gasteiger partial charge >= 0.3 is 0 Å². The lowest BCUT2D eigenvalue weighted by Crippen LogP contribution is -2.51. The maximum Gasteiger partial charge on any atom is 0.254 e. The van der Waals surface area contributed by atoms with Crippen molar-refractivity contribution in [1.82, 2.24) is 15.1 Å². The highest BCUT2D eigenvalue weighted by Gasteiger charge is 2.24. The third-order valence-corrected chi connectivity index (χ3v) is 4.98. The van der Waals surface area contributed by atoms with Crippen LogP contribution in [-0.2, 0) is 11.3 Å². The summed E-state index contributed by atoms with van der Waals surface area (Å²) in [6.45, 7) is 3.61. The molecule has 0 aliphatic carbocycles. The van der Waals surface area contributed by atoms with Crippen LogP contribution >= 0.6 is 0 Å². The molecule has 2 heterocycles. The Morgan fingerprint density at radius 3 is 2.46 bits per heavy atom. The Balaban J connectivity index is 1.24. The summed E-state index contributed by atoms with van der Waals surface area (Å²) in [7, 11) is 0. The van der Waals surface area contributed by atoms with E-state index in [9.17, 15) is 9.59 Å². The van der Waals surface area contributed by atoms with Gasteiger partial charge in [0.1, 0.15) is 0 Å². The number of nitrogens with zero attached hydrogens (tertiary/aromatic N) is 2. The number of hydrogen-bond acceptors (Lipinski definition) is 5. The molecule has 2 aromatic carbocycles. The highest BCUT2D eigenvalue weighted by atomic mass is 16.7. The van der Waals surface area contributed by atoms with Crippen molar-refractivity contribution in [2.45, 2.75) is 6.54 Å². The number of fused-ring (bicyclic) bond motifs is 1. The number of carbonyl (C=O) groups excluding carboxylic acids is 2. The van der Waals surface area contributed by atoms with Crippen LogP contribution in [0.5, 0.6) is 11.5 Å². The molecule has 146 valence electrons. The highest BCUT2D eigenvalue weighted by molar-refractivity contribution is 5.95. The van der Waals surface area contributed by atoms with E-state index in [-0.39, 0.29) is 18.6 Å². The van der Waals surface area contributed by atoms with Crippen molar-refractivity contribution in [3.05, 3.63) is 59.7 Å². The van der Waals surface area contributed by atoms with Crippen LogP contribution in [0, 0.1) is 0 Å². The van der Waals surface area contributed by atoms with Gasteiger partial charge in [0.05, 0.1) is 6.54 Å². The van der Waals surface area contributed by atoms with Crippen molar-refractivity contribution in [3.8, 4) is 11.5 Å². The maximum absolute atomic E-state index is 12.7. The molecule has 1 saturated heterocycles. The van der Waals surface area contributed by atoms with Crippen molar-refractivity contribution in [1.29, 1.82) is 0 Å². The molecule has 0 radical (unpaired) electrons. The minimum Gasteiger partial charge on any atom is -0.454 e. The van der Waals surface area contributed by atoms with Gasteiger partial charge in [-0.15, -0.1) is 0 Å². The number of hydrogen-bond donors (Lipinski definition) is 1. The van der Waals surface area contributed by atoms with Gasteiger partial charge < -0.3 is 19.7 Å². The van der Waals surface area contributed by atoms with Gasteiger partial charge in [0.25, 0.3) is 5.91 Å². The molecule has 0 unspecified atom stereocenters. The molecule has 2 aliphatic rings. The summed E-state index contributed by atoms with van der Waals surface area (Å²) in [4.78, 5) is 28.8. The van der Waals surface area contributed by atoms with E-state index < -0.39 is 0 Å². The first-order valence-corrected chi connectivity index (χ1v) is 9.41. The topological polar surface area (TPSA) is 71.1 Å². The molecule has 2 aromatic rings. The van der Waals surface area contributed by atoms with Crippen molar-refractivity contribution in [2.24, 2.45) is 0 Å². The second kappa shape index (κ2) is 8.31. The number of amides is 2. The van der Waals surface area contributed by atoms with E-state index in [0.717, 1.165) is 5.56 Å². The zero-order chi connectivity index (χ0) is 19.3. The quantitative estimate of drug-likeness (QED) is 0.850. The summed E-state index contributed by atoms with van der Waals surface area (Å²) < 4.78 is 10.6. The summed E-state index contributed by atoms with van der Waals surface area (Å²) in [5.41, 5.74) is 1.67. The van der Waals surface area contributed by atoms with Crippen molar-refractivity contribution in [3.63, 3.8) is 0 Å². The lowest BCUT2D eigenvalue weighted by atomic mass is 10.1. The molecular formula is C21H23N3O4. The first-order chi connectivity index (χ1) is 13.7. The molecular weight excluding hydrogens is 358 g/mol. The fourth-order valence-electron chi connectivity index (χ4n) is 3.38. The molecule has 0 bridgehead atoms. The summed E-state index contributed by atoms with van der Waals surface area (Å²) in [5, 5.41) is 2.94. The van der Waals surface area contributed by atoms with Crippen LogP contribution < -0.4 is 14.8 Å². The van der Waals surface area contributed by atoms with E-state index in [1.165, 1.54) is 0 Å². The lowest BCUT2D eigenvalue weighted by molar-refractivity contribution is -0.122. The Hall–Kier alpha value is -3.06. The summed E-state index contributed by atoms with van der Waals surface area (Å²) in [6.07, 6.45) is 0. The smallest absolute Gasteiger partial charge is 0.254 e. The predicted molar refractivity (Wildman–Crippen MR) is 103 cm³/mol. The third-order valence-electron chi connectivity index (χ3n) is 4.98. The second-order valence-corrected chi connectivity index (χ2v) is 6.90. The molecule has 1 N–H and O–H groups in total. The average molecular weight is 381 g/mol. The largest absolute Gasteiger partial charge is 0.454 e. The van der Waals surface area contributed by atoms with Crippen LogP contribution in [0.25, 0.3) is 0 Å². The molecule has 1 fully saturated rings. The van der Waals surface area contributed by atoms with E-state index in [1.54, 1.807) is 18.2 Å². The molecule has 0 aromatic heterocycles. The van der Waals surface area contributed by atoms with Crippen LogP contribution in [0.2, 0.25) is 0 Å². The summed E-state index contributed by atoms with van der Waals surface area (Å²) in [6, 6.07) is 15.1. The summed E-state index contributed by atoms with van der Waals surface area (Å²) >= 11 is 0. The minimum absolute atomic E-state index is 0.000555. The Morgan fingerprint density at radius 2 is 1.68 bits per heavy atom. The summed E-state index contributed by atoms with van der Waals surface area (Å²) in [5.74, 6) is 1.26. The molecule has 4 rings (SSSR count). The molecule has 2 aliphatic heterocycles. The number of piperazine rings is 1. The van der Waals surface area contributed by atoms with Gasteiger partial charge in [-0.2, -0.15) is 0 Å². The maximum atomic E-state index is 12.7. The van der Waals surface area contributed by atoms with Crippen molar-refractivity contribution >= 4 is 11.8 Å². The minimum atomic E-state index is -0.0218. The molecule has 7 heteroatoms. The van der Waals surface area contributed by atoms with E-state index in [4.69, 9.17) is 9.47 Å². The number of rotatable bonds is 5. The van der Waals surface area contributed by atoms with E-state index in [2.05, 4.69) is 10.2 Å². The van der Waals surface area contributed by atoms with Crippen LogP contribution in [0.3, 0.4) is 0 Å². The van der Waals surface area contributed by atoms with Crippen molar-refractivity contribution in [2.75, 3.05) is 39.5 Å². The van der Waals surface area contributed by atoms with E-state index in [0.29, 0.717) is 56.3 Å². The predicted octanol–water partition coefficient (Wildman–Crippen LogP) is 1.49. The molecule has 0 atom stereocenters. The lowest BCUT2D eigenvalue weighted by Gasteiger charge is -2.34. The van der Waals surface area contributed by atoms with Crippen molar-refractivity contribution < 1.29 is 19.1 Å². The van der Waals surface area contributed by atoms with Crippen LogP contribution in [-0.4, -0.2) is 61.1 Å². The fraction of sp³-hybridized carbons (Fsp3) is 0.333. The van der Waals surface area contributed by atoms with Crippen LogP contribution in [0.4, 0.5) is 0 Å². The Morgan fingerprint density at radius 1 is 0.929 bits per heavy atom. The highest BCUT2D eigenvalue weighted by Crippen LogP contribution is 2.32. The van der Waals surface area contributed by atoms with Crippen LogP contribution in [0.15, 0.2) is 48.5 Å². The average Bonchev–Trinajstić information content (AvgIpc) is 3.21. The van der Waals surface area contributed by atoms with Gasteiger partial charge in [0.15, 0.2) is 11.5 Å². The van der Waals surface area contributed by atoms with Crippen LogP contribution in [0.1, 0.15) is 15.9 Å². The SMILES string of the molecule is O=C(CN1CCN(C(=O)c2ccc3c(c2)OCO3)CC1)NCc1ccccc1. The van der Waals surface area contributed by atoms with E-state index >= 15 is 0 Å². The first-order valence-electron chi connectivity index (χ1n) is 9.41.